The highest BCUT2D eigenvalue weighted by molar-refractivity contribution is 4.88. The van der Waals surface area contributed by atoms with Crippen LogP contribution in [0.15, 0.2) is 18.5 Å². The van der Waals surface area contributed by atoms with Crippen molar-refractivity contribution in [1.29, 1.82) is 0 Å². The van der Waals surface area contributed by atoms with E-state index in [1.165, 1.54) is 13.0 Å². The number of nitrogens with zero attached hydrogens (tertiary/aromatic N) is 4. The largest absolute Gasteiger partial charge is 0.330 e. The zero-order chi connectivity index (χ0) is 12.6. The summed E-state index contributed by atoms with van der Waals surface area (Å²) in [5.41, 5.74) is 5.56. The summed E-state index contributed by atoms with van der Waals surface area (Å²) in [6, 6.07) is 1.86. The third-order valence-corrected chi connectivity index (χ3v) is 3.34. The van der Waals surface area contributed by atoms with Crippen molar-refractivity contribution in [2.24, 2.45) is 5.73 Å². The molecule has 2 rings (SSSR count). The van der Waals surface area contributed by atoms with Crippen molar-refractivity contribution >= 4 is 0 Å². The fraction of sp³-hybridized carbons (Fsp3) is 0.692. The van der Waals surface area contributed by atoms with E-state index in [0.717, 1.165) is 51.5 Å². The van der Waals surface area contributed by atoms with Gasteiger partial charge in [0.15, 0.2) is 0 Å². The Hall–Kier alpha value is -1.04. The van der Waals surface area contributed by atoms with Crippen LogP contribution in [0, 0.1) is 0 Å². The molecule has 1 aliphatic heterocycles. The predicted molar refractivity (Wildman–Crippen MR) is 72.0 cm³/mol. The van der Waals surface area contributed by atoms with Crippen LogP contribution in [0.25, 0.3) is 0 Å². The number of hydrogen-bond acceptors (Lipinski definition) is 5. The molecule has 0 aliphatic carbocycles. The average Bonchev–Trinajstić information content (AvgIpc) is 2.63. The highest BCUT2D eigenvalue weighted by Crippen LogP contribution is 2.06. The first-order chi connectivity index (χ1) is 8.88. The summed E-state index contributed by atoms with van der Waals surface area (Å²) in [5.74, 6) is 0.924. The molecule has 0 bridgehead atoms. The number of rotatable bonds is 5. The van der Waals surface area contributed by atoms with E-state index in [2.05, 4.69) is 19.8 Å². The minimum Gasteiger partial charge on any atom is -0.330 e. The lowest BCUT2D eigenvalue weighted by Gasteiger charge is -2.20. The Bertz CT molecular complexity index is 329. The molecule has 5 heteroatoms. The minimum absolute atomic E-state index is 0.790. The summed E-state index contributed by atoms with van der Waals surface area (Å²) < 4.78 is 0. The smallest absolute Gasteiger partial charge is 0.142 e. The standard InChI is InChI=1S/C13H23N5/c14-4-1-7-17-8-3-9-18(11-10-17)12-13-15-5-2-6-16-13/h2,5-6H,1,3-4,7-12,14H2. The van der Waals surface area contributed by atoms with E-state index in [4.69, 9.17) is 5.73 Å². The third-order valence-electron chi connectivity index (χ3n) is 3.34. The molecule has 1 aliphatic rings. The summed E-state index contributed by atoms with van der Waals surface area (Å²) >= 11 is 0. The lowest BCUT2D eigenvalue weighted by molar-refractivity contribution is 0.247. The Morgan fingerprint density at radius 2 is 1.78 bits per heavy atom. The van der Waals surface area contributed by atoms with E-state index in [0.29, 0.717) is 0 Å². The Kier molecular flexibility index (Phi) is 5.51. The number of aromatic nitrogens is 2. The van der Waals surface area contributed by atoms with Crippen molar-refractivity contribution < 1.29 is 0 Å². The Balaban J connectivity index is 1.78. The van der Waals surface area contributed by atoms with Crippen molar-refractivity contribution in [3.05, 3.63) is 24.3 Å². The van der Waals surface area contributed by atoms with Crippen LogP contribution < -0.4 is 5.73 Å². The van der Waals surface area contributed by atoms with Crippen molar-refractivity contribution in [1.82, 2.24) is 19.8 Å². The summed E-state index contributed by atoms with van der Waals surface area (Å²) in [7, 11) is 0. The van der Waals surface area contributed by atoms with Gasteiger partial charge in [0.2, 0.25) is 0 Å². The van der Waals surface area contributed by atoms with E-state index in [1.54, 1.807) is 0 Å². The molecule has 2 heterocycles. The molecule has 1 aromatic rings. The van der Waals surface area contributed by atoms with Gasteiger partial charge in [-0.15, -0.1) is 0 Å². The van der Waals surface area contributed by atoms with Crippen molar-refractivity contribution in [2.75, 3.05) is 39.3 Å². The first kappa shape index (κ1) is 13.4. The summed E-state index contributed by atoms with van der Waals surface area (Å²) in [4.78, 5) is 13.5. The van der Waals surface area contributed by atoms with E-state index >= 15 is 0 Å². The molecule has 0 unspecified atom stereocenters. The van der Waals surface area contributed by atoms with E-state index in [1.807, 2.05) is 18.5 Å². The second-order valence-corrected chi connectivity index (χ2v) is 4.78. The summed E-state index contributed by atoms with van der Waals surface area (Å²) in [5, 5.41) is 0. The number of nitrogens with two attached hydrogens (primary N) is 1. The highest BCUT2D eigenvalue weighted by atomic mass is 15.2. The highest BCUT2D eigenvalue weighted by Gasteiger charge is 2.15. The molecule has 0 radical (unpaired) electrons. The van der Waals surface area contributed by atoms with Gasteiger partial charge in [0.1, 0.15) is 5.82 Å². The van der Waals surface area contributed by atoms with Crippen LogP contribution in [-0.2, 0) is 6.54 Å². The van der Waals surface area contributed by atoms with Crippen LogP contribution in [0.3, 0.4) is 0 Å². The Morgan fingerprint density at radius 1 is 1.06 bits per heavy atom. The van der Waals surface area contributed by atoms with Gasteiger partial charge in [-0.05, 0) is 45.1 Å². The number of hydrogen-bond donors (Lipinski definition) is 1. The van der Waals surface area contributed by atoms with Gasteiger partial charge < -0.3 is 10.6 Å². The molecule has 100 valence electrons. The molecule has 1 saturated heterocycles. The van der Waals surface area contributed by atoms with Crippen LogP contribution in [0.4, 0.5) is 0 Å². The lowest BCUT2D eigenvalue weighted by Crippen LogP contribution is -2.32. The monoisotopic (exact) mass is 249 g/mol. The normalized spacial score (nSPS) is 18.7. The molecular formula is C13H23N5. The molecule has 1 fully saturated rings. The first-order valence-electron chi connectivity index (χ1n) is 6.79. The van der Waals surface area contributed by atoms with Crippen molar-refractivity contribution in [3.63, 3.8) is 0 Å². The topological polar surface area (TPSA) is 58.3 Å². The molecule has 0 aromatic carbocycles. The molecule has 0 spiro atoms. The van der Waals surface area contributed by atoms with Gasteiger partial charge in [-0.1, -0.05) is 0 Å². The van der Waals surface area contributed by atoms with Crippen LogP contribution in [0.2, 0.25) is 0 Å². The quantitative estimate of drug-likeness (QED) is 0.815. The maximum absolute atomic E-state index is 5.56. The predicted octanol–water partition coefficient (Wildman–Crippen LogP) is 0.333. The molecule has 0 atom stereocenters. The molecule has 5 nitrogen and oxygen atoms in total. The molecule has 0 saturated carbocycles. The van der Waals surface area contributed by atoms with Crippen LogP contribution in [0.1, 0.15) is 18.7 Å². The van der Waals surface area contributed by atoms with Gasteiger partial charge in [0, 0.05) is 25.5 Å². The van der Waals surface area contributed by atoms with Gasteiger partial charge in [0.25, 0.3) is 0 Å². The average molecular weight is 249 g/mol. The van der Waals surface area contributed by atoms with E-state index in [9.17, 15) is 0 Å². The van der Waals surface area contributed by atoms with Crippen molar-refractivity contribution in [3.8, 4) is 0 Å². The maximum Gasteiger partial charge on any atom is 0.142 e. The van der Waals surface area contributed by atoms with E-state index in [-0.39, 0.29) is 0 Å². The lowest BCUT2D eigenvalue weighted by atomic mass is 10.3. The Morgan fingerprint density at radius 3 is 2.56 bits per heavy atom. The second kappa shape index (κ2) is 7.41. The Labute approximate surface area is 109 Å². The molecule has 2 N–H and O–H groups in total. The van der Waals surface area contributed by atoms with Gasteiger partial charge in [-0.2, -0.15) is 0 Å². The fourth-order valence-corrected chi connectivity index (χ4v) is 2.33. The molecular weight excluding hydrogens is 226 g/mol. The van der Waals surface area contributed by atoms with Gasteiger partial charge in [-0.25, -0.2) is 9.97 Å². The minimum atomic E-state index is 0.790. The van der Waals surface area contributed by atoms with Crippen LogP contribution in [0.5, 0.6) is 0 Å². The second-order valence-electron chi connectivity index (χ2n) is 4.78. The van der Waals surface area contributed by atoms with Gasteiger partial charge >= 0.3 is 0 Å². The van der Waals surface area contributed by atoms with Crippen molar-refractivity contribution in [2.45, 2.75) is 19.4 Å². The molecule has 0 amide bonds. The molecule has 1 aromatic heterocycles. The first-order valence-corrected chi connectivity index (χ1v) is 6.79. The van der Waals surface area contributed by atoms with Gasteiger partial charge in [-0.3, -0.25) is 4.90 Å². The zero-order valence-corrected chi connectivity index (χ0v) is 11.0. The SMILES string of the molecule is NCCCN1CCCN(Cc2ncccn2)CC1. The summed E-state index contributed by atoms with van der Waals surface area (Å²) in [6.07, 6.45) is 5.95. The van der Waals surface area contributed by atoms with Gasteiger partial charge in [0.05, 0.1) is 6.54 Å². The summed E-state index contributed by atoms with van der Waals surface area (Å²) in [6.45, 7) is 7.34. The van der Waals surface area contributed by atoms with Crippen LogP contribution in [-0.4, -0.2) is 59.0 Å². The third kappa shape index (κ3) is 4.33. The maximum atomic E-state index is 5.56. The fourth-order valence-electron chi connectivity index (χ4n) is 2.33. The van der Waals surface area contributed by atoms with E-state index < -0.39 is 0 Å². The molecule has 18 heavy (non-hydrogen) atoms. The van der Waals surface area contributed by atoms with Crippen LogP contribution >= 0.6 is 0 Å². The zero-order valence-electron chi connectivity index (χ0n) is 11.0.